The van der Waals surface area contributed by atoms with E-state index in [-0.39, 0.29) is 6.03 Å². The zero-order chi connectivity index (χ0) is 9.52. The standard InChI is InChI=1S/C9H18N3O/c1-10-9(13)11-5-4-8-12-6-2-3-7-12/h2H,3-8H2,1H3,(H2,10,11,13). The van der Waals surface area contributed by atoms with Crippen molar-refractivity contribution in [3.8, 4) is 0 Å². The molecule has 1 saturated heterocycles. The lowest BCUT2D eigenvalue weighted by Crippen LogP contribution is -2.34. The van der Waals surface area contributed by atoms with Gasteiger partial charge in [0.25, 0.3) is 0 Å². The minimum atomic E-state index is -0.0898. The monoisotopic (exact) mass is 184 g/mol. The summed E-state index contributed by atoms with van der Waals surface area (Å²) in [5.74, 6) is 0. The van der Waals surface area contributed by atoms with E-state index in [1.54, 1.807) is 7.05 Å². The highest BCUT2D eigenvalue weighted by Crippen LogP contribution is 2.05. The fraction of sp³-hybridized carbons (Fsp3) is 0.778. The fourth-order valence-corrected chi connectivity index (χ4v) is 1.44. The maximum atomic E-state index is 10.8. The van der Waals surface area contributed by atoms with Crippen LogP contribution in [0.15, 0.2) is 0 Å². The van der Waals surface area contributed by atoms with Gasteiger partial charge in [-0.15, -0.1) is 0 Å². The molecule has 1 aliphatic heterocycles. The number of urea groups is 1. The van der Waals surface area contributed by atoms with Crippen LogP contribution in [-0.2, 0) is 0 Å². The highest BCUT2D eigenvalue weighted by Gasteiger charge is 2.10. The van der Waals surface area contributed by atoms with Crippen LogP contribution in [-0.4, -0.2) is 44.2 Å². The van der Waals surface area contributed by atoms with Crippen LogP contribution in [0.5, 0.6) is 0 Å². The summed E-state index contributed by atoms with van der Waals surface area (Å²) in [4.78, 5) is 13.2. The minimum Gasteiger partial charge on any atom is -0.341 e. The van der Waals surface area contributed by atoms with Crippen LogP contribution in [0.2, 0.25) is 0 Å². The molecule has 75 valence electrons. The molecule has 1 aliphatic rings. The molecule has 0 atom stereocenters. The summed E-state index contributed by atoms with van der Waals surface area (Å²) in [5, 5.41) is 5.29. The smallest absolute Gasteiger partial charge is 0.314 e. The second-order valence-electron chi connectivity index (χ2n) is 3.24. The van der Waals surface area contributed by atoms with Crippen molar-refractivity contribution in [3.05, 3.63) is 6.42 Å². The fourth-order valence-electron chi connectivity index (χ4n) is 1.44. The van der Waals surface area contributed by atoms with Crippen LogP contribution in [0, 0.1) is 6.42 Å². The van der Waals surface area contributed by atoms with E-state index in [2.05, 4.69) is 22.0 Å². The second-order valence-corrected chi connectivity index (χ2v) is 3.24. The van der Waals surface area contributed by atoms with Gasteiger partial charge in [0.2, 0.25) is 0 Å². The van der Waals surface area contributed by atoms with Crippen LogP contribution >= 0.6 is 0 Å². The first-order valence-corrected chi connectivity index (χ1v) is 4.82. The molecule has 13 heavy (non-hydrogen) atoms. The molecule has 1 fully saturated rings. The number of carbonyl (C=O) groups is 1. The van der Waals surface area contributed by atoms with E-state index in [1.807, 2.05) is 0 Å². The molecule has 0 bridgehead atoms. The number of hydrogen-bond donors (Lipinski definition) is 2. The van der Waals surface area contributed by atoms with E-state index in [4.69, 9.17) is 0 Å². The number of hydrogen-bond acceptors (Lipinski definition) is 2. The molecule has 0 aromatic carbocycles. The highest BCUT2D eigenvalue weighted by atomic mass is 16.2. The van der Waals surface area contributed by atoms with Crippen LogP contribution in [0.1, 0.15) is 12.8 Å². The molecule has 0 aromatic heterocycles. The normalized spacial score (nSPS) is 17.3. The third-order valence-corrected chi connectivity index (χ3v) is 2.20. The number of rotatable bonds is 4. The van der Waals surface area contributed by atoms with Crippen molar-refractivity contribution in [2.24, 2.45) is 0 Å². The van der Waals surface area contributed by atoms with Crippen molar-refractivity contribution < 1.29 is 4.79 Å². The van der Waals surface area contributed by atoms with Crippen molar-refractivity contribution in [1.82, 2.24) is 15.5 Å². The molecule has 1 heterocycles. The maximum Gasteiger partial charge on any atom is 0.314 e. The predicted molar refractivity (Wildman–Crippen MR) is 52.4 cm³/mol. The Bertz CT molecular complexity index is 155. The second kappa shape index (κ2) is 5.80. The molecule has 0 aromatic rings. The summed E-state index contributed by atoms with van der Waals surface area (Å²) >= 11 is 0. The van der Waals surface area contributed by atoms with Crippen molar-refractivity contribution in [3.63, 3.8) is 0 Å². The van der Waals surface area contributed by atoms with Gasteiger partial charge >= 0.3 is 6.03 Å². The molecular weight excluding hydrogens is 166 g/mol. The third kappa shape index (κ3) is 4.12. The first kappa shape index (κ1) is 10.3. The first-order valence-electron chi connectivity index (χ1n) is 4.82. The van der Waals surface area contributed by atoms with Gasteiger partial charge in [-0.1, -0.05) is 0 Å². The van der Waals surface area contributed by atoms with Crippen molar-refractivity contribution in [1.29, 1.82) is 0 Å². The van der Waals surface area contributed by atoms with Crippen molar-refractivity contribution >= 4 is 6.03 Å². The summed E-state index contributed by atoms with van der Waals surface area (Å²) in [7, 11) is 1.63. The molecular formula is C9H18N3O. The minimum absolute atomic E-state index is 0.0898. The largest absolute Gasteiger partial charge is 0.341 e. The molecule has 2 N–H and O–H groups in total. The van der Waals surface area contributed by atoms with Gasteiger partial charge in [-0.25, -0.2) is 4.79 Å². The molecule has 0 spiro atoms. The average molecular weight is 184 g/mol. The number of likely N-dealkylation sites (tertiary alicyclic amines) is 1. The summed E-state index contributed by atoms with van der Waals surface area (Å²) in [6.07, 6.45) is 4.54. The quantitative estimate of drug-likeness (QED) is 0.614. The van der Waals surface area contributed by atoms with Gasteiger partial charge in [0.1, 0.15) is 0 Å². The zero-order valence-electron chi connectivity index (χ0n) is 8.18. The van der Waals surface area contributed by atoms with Gasteiger partial charge in [-0.3, -0.25) is 0 Å². The summed E-state index contributed by atoms with van der Waals surface area (Å²) < 4.78 is 0. The number of nitrogens with one attached hydrogen (secondary N) is 2. The van der Waals surface area contributed by atoms with Crippen molar-refractivity contribution in [2.45, 2.75) is 12.8 Å². The zero-order valence-corrected chi connectivity index (χ0v) is 8.18. The lowest BCUT2D eigenvalue weighted by molar-refractivity contribution is 0.242. The Morgan fingerprint density at radius 3 is 3.08 bits per heavy atom. The highest BCUT2D eigenvalue weighted by molar-refractivity contribution is 5.73. The maximum absolute atomic E-state index is 10.8. The predicted octanol–water partition coefficient (Wildman–Crippen LogP) is 0.215. The summed E-state index contributed by atoms with van der Waals surface area (Å²) in [6.45, 7) is 4.14. The number of nitrogens with zero attached hydrogens (tertiary/aromatic N) is 1. The first-order chi connectivity index (χ1) is 6.33. The lowest BCUT2D eigenvalue weighted by Gasteiger charge is -2.13. The molecule has 0 unspecified atom stereocenters. The van der Waals surface area contributed by atoms with Gasteiger partial charge in [-0.05, 0) is 32.4 Å². The van der Waals surface area contributed by atoms with Crippen LogP contribution in [0.3, 0.4) is 0 Å². The molecule has 4 nitrogen and oxygen atoms in total. The van der Waals surface area contributed by atoms with E-state index in [0.717, 1.165) is 26.1 Å². The topological polar surface area (TPSA) is 44.4 Å². The van der Waals surface area contributed by atoms with E-state index < -0.39 is 0 Å². The van der Waals surface area contributed by atoms with E-state index in [0.29, 0.717) is 0 Å². The van der Waals surface area contributed by atoms with Crippen molar-refractivity contribution in [2.75, 3.05) is 33.2 Å². The number of amides is 2. The Hall–Kier alpha value is -0.770. The van der Waals surface area contributed by atoms with Gasteiger partial charge in [-0.2, -0.15) is 0 Å². The molecule has 2 amide bonds. The average Bonchev–Trinajstić information content (AvgIpc) is 2.64. The molecule has 0 saturated carbocycles. The van der Waals surface area contributed by atoms with Crippen LogP contribution in [0.4, 0.5) is 4.79 Å². The van der Waals surface area contributed by atoms with E-state index in [9.17, 15) is 4.79 Å². The van der Waals surface area contributed by atoms with Gasteiger partial charge in [0.05, 0.1) is 0 Å². The summed E-state index contributed by atoms with van der Waals surface area (Å²) in [5.41, 5.74) is 0. The van der Waals surface area contributed by atoms with Gasteiger partial charge in [0.15, 0.2) is 0 Å². The summed E-state index contributed by atoms with van der Waals surface area (Å²) in [6, 6.07) is -0.0898. The lowest BCUT2D eigenvalue weighted by atomic mass is 10.4. The number of carbonyl (C=O) groups excluding carboxylic acids is 1. The Balaban J connectivity index is 1.91. The Morgan fingerprint density at radius 2 is 2.46 bits per heavy atom. The van der Waals surface area contributed by atoms with E-state index in [1.165, 1.54) is 13.0 Å². The Morgan fingerprint density at radius 1 is 1.62 bits per heavy atom. The SMILES string of the molecule is CNC(=O)NCCCN1C[CH]CC1. The molecule has 0 aliphatic carbocycles. The Kier molecular flexibility index (Phi) is 4.60. The van der Waals surface area contributed by atoms with E-state index >= 15 is 0 Å². The molecule has 1 radical (unpaired) electrons. The van der Waals surface area contributed by atoms with Gasteiger partial charge < -0.3 is 15.5 Å². The van der Waals surface area contributed by atoms with Crippen LogP contribution in [0.25, 0.3) is 0 Å². The molecule has 1 rings (SSSR count). The van der Waals surface area contributed by atoms with Crippen LogP contribution < -0.4 is 10.6 Å². The third-order valence-electron chi connectivity index (χ3n) is 2.20. The van der Waals surface area contributed by atoms with Gasteiger partial charge in [0, 0.05) is 20.1 Å². The molecule has 4 heteroatoms. The Labute approximate surface area is 79.7 Å².